The summed E-state index contributed by atoms with van der Waals surface area (Å²) in [6, 6.07) is 4.15. The molecule has 0 aliphatic rings. The first-order valence-corrected chi connectivity index (χ1v) is 4.20. The zero-order valence-corrected chi connectivity index (χ0v) is 7.73. The third kappa shape index (κ3) is 1.33. The van der Waals surface area contributed by atoms with Crippen LogP contribution in [-0.4, -0.2) is 14.5 Å². The Morgan fingerprint density at radius 1 is 1.08 bits per heavy atom. The number of aryl methyl sites for hydroxylation is 2. The Balaban J connectivity index is 2.59. The molecule has 0 aliphatic carbocycles. The van der Waals surface area contributed by atoms with Crippen LogP contribution in [0.1, 0.15) is 11.4 Å². The molecule has 0 aliphatic heterocycles. The number of nitrogens with zero attached hydrogens (tertiary/aromatic N) is 3. The molecule has 0 spiro atoms. The summed E-state index contributed by atoms with van der Waals surface area (Å²) >= 11 is 0. The number of hydrogen-bond donors (Lipinski definition) is 0. The van der Waals surface area contributed by atoms with Crippen LogP contribution in [0.2, 0.25) is 0 Å². The van der Waals surface area contributed by atoms with Crippen molar-refractivity contribution in [2.45, 2.75) is 13.8 Å². The molecule has 0 fully saturated rings. The molecule has 0 unspecified atom stereocenters. The molecule has 2 aromatic rings. The van der Waals surface area contributed by atoms with Gasteiger partial charge in [-0.15, -0.1) is 0 Å². The average molecular weight is 173 g/mol. The van der Waals surface area contributed by atoms with Crippen molar-refractivity contribution >= 4 is 0 Å². The van der Waals surface area contributed by atoms with E-state index in [1.54, 1.807) is 18.6 Å². The minimum Gasteiger partial charge on any atom is -0.302 e. The van der Waals surface area contributed by atoms with Crippen LogP contribution in [0, 0.1) is 13.8 Å². The zero-order chi connectivity index (χ0) is 9.26. The smallest absolute Gasteiger partial charge is 0.155 e. The minimum atomic E-state index is 0.877. The van der Waals surface area contributed by atoms with Crippen molar-refractivity contribution in [1.29, 1.82) is 0 Å². The number of rotatable bonds is 1. The van der Waals surface area contributed by atoms with Gasteiger partial charge in [0.1, 0.15) is 0 Å². The van der Waals surface area contributed by atoms with Gasteiger partial charge in [0.05, 0.1) is 6.20 Å². The molecule has 0 amide bonds. The molecule has 0 radical (unpaired) electrons. The average Bonchev–Trinajstić information content (AvgIpc) is 2.48. The molecule has 13 heavy (non-hydrogen) atoms. The van der Waals surface area contributed by atoms with Crippen LogP contribution >= 0.6 is 0 Å². The highest BCUT2D eigenvalue weighted by atomic mass is 15.1. The van der Waals surface area contributed by atoms with Crippen molar-refractivity contribution in [3.63, 3.8) is 0 Å². The van der Waals surface area contributed by atoms with Crippen LogP contribution in [0.4, 0.5) is 0 Å². The summed E-state index contributed by atoms with van der Waals surface area (Å²) < 4.78 is 2.08. The summed E-state index contributed by atoms with van der Waals surface area (Å²) in [6.07, 6.45) is 5.14. The summed E-state index contributed by atoms with van der Waals surface area (Å²) in [4.78, 5) is 8.28. The van der Waals surface area contributed by atoms with Crippen molar-refractivity contribution in [2.75, 3.05) is 0 Å². The molecule has 0 aromatic carbocycles. The van der Waals surface area contributed by atoms with Gasteiger partial charge in [-0.1, -0.05) is 0 Å². The van der Waals surface area contributed by atoms with E-state index in [0.29, 0.717) is 0 Å². The van der Waals surface area contributed by atoms with Gasteiger partial charge in [-0.3, -0.25) is 4.98 Å². The van der Waals surface area contributed by atoms with Gasteiger partial charge in [0.2, 0.25) is 0 Å². The van der Waals surface area contributed by atoms with Gasteiger partial charge in [0.25, 0.3) is 0 Å². The summed E-state index contributed by atoms with van der Waals surface area (Å²) in [5.41, 5.74) is 2.36. The highest BCUT2D eigenvalue weighted by Crippen LogP contribution is 2.12. The Morgan fingerprint density at radius 2 is 1.77 bits per heavy atom. The third-order valence-corrected chi connectivity index (χ3v) is 2.05. The fraction of sp³-hybridized carbons (Fsp3) is 0.200. The SMILES string of the molecule is Cc1ccc(C)n1-c1cnccn1. The third-order valence-electron chi connectivity index (χ3n) is 2.05. The van der Waals surface area contributed by atoms with Gasteiger partial charge >= 0.3 is 0 Å². The Labute approximate surface area is 77.1 Å². The monoisotopic (exact) mass is 173 g/mol. The fourth-order valence-corrected chi connectivity index (χ4v) is 1.44. The van der Waals surface area contributed by atoms with Crippen molar-refractivity contribution in [3.05, 3.63) is 42.1 Å². The maximum Gasteiger partial charge on any atom is 0.155 e. The quantitative estimate of drug-likeness (QED) is 0.659. The minimum absolute atomic E-state index is 0.877. The lowest BCUT2D eigenvalue weighted by atomic mass is 10.5. The van der Waals surface area contributed by atoms with Gasteiger partial charge in [-0.2, -0.15) is 0 Å². The van der Waals surface area contributed by atoms with Crippen molar-refractivity contribution in [1.82, 2.24) is 14.5 Å². The topological polar surface area (TPSA) is 30.7 Å². The van der Waals surface area contributed by atoms with Crippen LogP contribution in [-0.2, 0) is 0 Å². The molecule has 2 aromatic heterocycles. The van der Waals surface area contributed by atoms with Gasteiger partial charge in [0, 0.05) is 23.8 Å². The molecule has 3 heteroatoms. The molecule has 0 saturated carbocycles. The fourth-order valence-electron chi connectivity index (χ4n) is 1.44. The van der Waals surface area contributed by atoms with Crippen molar-refractivity contribution in [2.24, 2.45) is 0 Å². The van der Waals surface area contributed by atoms with Gasteiger partial charge < -0.3 is 4.57 Å². The first kappa shape index (κ1) is 7.98. The lowest BCUT2D eigenvalue weighted by Gasteiger charge is -2.06. The van der Waals surface area contributed by atoms with E-state index < -0.39 is 0 Å². The molecule has 0 N–H and O–H groups in total. The molecule has 2 rings (SSSR count). The highest BCUT2D eigenvalue weighted by Gasteiger charge is 2.03. The van der Waals surface area contributed by atoms with E-state index in [-0.39, 0.29) is 0 Å². The first-order chi connectivity index (χ1) is 6.29. The van der Waals surface area contributed by atoms with Crippen LogP contribution in [0.25, 0.3) is 5.82 Å². The maximum atomic E-state index is 4.24. The Bertz CT molecular complexity index is 384. The van der Waals surface area contributed by atoms with Crippen LogP contribution < -0.4 is 0 Å². The predicted octanol–water partition coefficient (Wildman–Crippen LogP) is 1.88. The Morgan fingerprint density at radius 3 is 2.31 bits per heavy atom. The molecule has 0 saturated heterocycles. The molecular formula is C10H11N3. The molecule has 3 nitrogen and oxygen atoms in total. The first-order valence-electron chi connectivity index (χ1n) is 4.20. The van der Waals surface area contributed by atoms with E-state index in [4.69, 9.17) is 0 Å². The number of aromatic nitrogens is 3. The lowest BCUT2D eigenvalue weighted by molar-refractivity contribution is 0.908. The highest BCUT2D eigenvalue weighted by molar-refractivity contribution is 5.28. The van der Waals surface area contributed by atoms with Gasteiger partial charge in [-0.25, -0.2) is 4.98 Å². The normalized spacial score (nSPS) is 10.3. The van der Waals surface area contributed by atoms with Crippen molar-refractivity contribution < 1.29 is 0 Å². The van der Waals surface area contributed by atoms with Crippen LogP contribution in [0.5, 0.6) is 0 Å². The predicted molar refractivity (Wildman–Crippen MR) is 50.8 cm³/mol. The summed E-state index contributed by atoms with van der Waals surface area (Å²) in [5, 5.41) is 0. The molecular weight excluding hydrogens is 162 g/mol. The summed E-state index contributed by atoms with van der Waals surface area (Å²) in [7, 11) is 0. The summed E-state index contributed by atoms with van der Waals surface area (Å²) in [6.45, 7) is 4.11. The van der Waals surface area contributed by atoms with E-state index in [9.17, 15) is 0 Å². The van der Waals surface area contributed by atoms with Crippen LogP contribution in [0.3, 0.4) is 0 Å². The lowest BCUT2D eigenvalue weighted by Crippen LogP contribution is -2.01. The second-order valence-corrected chi connectivity index (χ2v) is 3.02. The molecule has 0 atom stereocenters. The van der Waals surface area contributed by atoms with Gasteiger partial charge in [0.15, 0.2) is 5.82 Å². The van der Waals surface area contributed by atoms with Crippen LogP contribution in [0.15, 0.2) is 30.7 Å². The zero-order valence-electron chi connectivity index (χ0n) is 7.73. The summed E-state index contributed by atoms with van der Waals surface area (Å²) in [5.74, 6) is 0.877. The van der Waals surface area contributed by atoms with E-state index in [1.165, 1.54) is 11.4 Å². The maximum absolute atomic E-state index is 4.24. The van der Waals surface area contributed by atoms with E-state index in [1.807, 2.05) is 0 Å². The van der Waals surface area contributed by atoms with E-state index in [2.05, 4.69) is 40.5 Å². The second kappa shape index (κ2) is 3.01. The van der Waals surface area contributed by atoms with E-state index in [0.717, 1.165) is 5.82 Å². The molecule has 0 bridgehead atoms. The Hall–Kier alpha value is -1.64. The largest absolute Gasteiger partial charge is 0.302 e. The standard InChI is InChI=1S/C10H11N3/c1-8-3-4-9(2)13(8)10-7-11-5-6-12-10/h3-7H,1-2H3. The molecule has 2 heterocycles. The van der Waals surface area contributed by atoms with Crippen molar-refractivity contribution in [3.8, 4) is 5.82 Å². The van der Waals surface area contributed by atoms with E-state index >= 15 is 0 Å². The Kier molecular flexibility index (Phi) is 1.85. The van der Waals surface area contributed by atoms with Gasteiger partial charge in [-0.05, 0) is 26.0 Å². The second-order valence-electron chi connectivity index (χ2n) is 3.02. The molecule has 66 valence electrons. The number of hydrogen-bond acceptors (Lipinski definition) is 2.